The highest BCUT2D eigenvalue weighted by Crippen LogP contribution is 2.53. The molecule has 37 heavy (non-hydrogen) atoms. The smallest absolute Gasteiger partial charge is 0.0548 e. The molecule has 2 nitrogen and oxygen atoms in total. The van der Waals surface area contributed by atoms with Gasteiger partial charge in [-0.25, -0.2) is 0 Å². The molecule has 0 amide bonds. The molecule has 4 aromatic carbocycles. The third kappa shape index (κ3) is 2.81. The molecule has 2 aliphatic rings. The number of allylic oxidation sites excluding steroid dienone is 4. The maximum Gasteiger partial charge on any atom is 0.0548 e. The van der Waals surface area contributed by atoms with Crippen molar-refractivity contribution in [2.45, 2.75) is 25.2 Å². The van der Waals surface area contributed by atoms with E-state index in [9.17, 15) is 0 Å². The Morgan fingerprint density at radius 2 is 1.46 bits per heavy atom. The zero-order valence-corrected chi connectivity index (χ0v) is 21.1. The van der Waals surface area contributed by atoms with Crippen LogP contribution >= 0.6 is 0 Å². The summed E-state index contributed by atoms with van der Waals surface area (Å²) < 4.78 is 4.76. The van der Waals surface area contributed by atoms with Crippen LogP contribution in [0.25, 0.3) is 44.1 Å². The highest BCUT2D eigenvalue weighted by atomic mass is 15.0. The Balaban J connectivity index is 1.35. The molecule has 2 aliphatic carbocycles. The zero-order valence-electron chi connectivity index (χ0n) is 21.1. The Labute approximate surface area is 216 Å². The van der Waals surface area contributed by atoms with E-state index in [1.165, 1.54) is 55.2 Å². The molecule has 0 aliphatic heterocycles. The van der Waals surface area contributed by atoms with Crippen molar-refractivity contribution >= 4 is 32.7 Å². The summed E-state index contributed by atoms with van der Waals surface area (Å²) in [6, 6.07) is 33.5. The quantitative estimate of drug-likeness (QED) is 0.236. The van der Waals surface area contributed by atoms with Crippen molar-refractivity contribution in [3.8, 4) is 11.4 Å². The number of hydrogen-bond donors (Lipinski definition) is 0. The van der Waals surface area contributed by atoms with Gasteiger partial charge in [-0.1, -0.05) is 80.6 Å². The zero-order chi connectivity index (χ0) is 24.7. The molecule has 0 saturated heterocycles. The largest absolute Gasteiger partial charge is 0.317 e. The molecule has 2 aromatic heterocycles. The van der Waals surface area contributed by atoms with Gasteiger partial charge in [0.05, 0.1) is 16.6 Å². The molecular weight excluding hydrogens is 448 g/mol. The predicted octanol–water partition coefficient (Wildman–Crippen LogP) is 8.84. The minimum absolute atomic E-state index is 0.108. The maximum absolute atomic E-state index is 2.44. The third-order valence-electron chi connectivity index (χ3n) is 8.83. The monoisotopic (exact) mass is 476 g/mol. The lowest BCUT2D eigenvalue weighted by Gasteiger charge is -2.29. The van der Waals surface area contributed by atoms with Crippen LogP contribution in [-0.2, 0) is 5.41 Å². The molecule has 0 bridgehead atoms. The molecule has 6 aromatic rings. The van der Waals surface area contributed by atoms with Crippen LogP contribution in [0.2, 0.25) is 0 Å². The van der Waals surface area contributed by atoms with Gasteiger partial charge < -0.3 is 9.13 Å². The summed E-state index contributed by atoms with van der Waals surface area (Å²) in [5.41, 5.74) is 9.22. The molecule has 0 saturated carbocycles. The first kappa shape index (κ1) is 20.8. The average Bonchev–Trinajstić information content (AvgIpc) is 3.57. The van der Waals surface area contributed by atoms with E-state index < -0.39 is 0 Å². The molecule has 178 valence electrons. The number of rotatable bonds is 2. The summed E-state index contributed by atoms with van der Waals surface area (Å²) in [6.45, 7) is 4.80. The minimum atomic E-state index is 0.108. The van der Waals surface area contributed by atoms with Crippen molar-refractivity contribution in [2.75, 3.05) is 0 Å². The summed E-state index contributed by atoms with van der Waals surface area (Å²) in [5.74, 6) is 1.00. The maximum atomic E-state index is 2.44. The predicted molar refractivity (Wildman–Crippen MR) is 155 cm³/mol. The SMILES string of the molecule is CC1(C)c2cc(-n3ccc4cc5c(cc43)c3ccccc3n5-c3ccccc3)ccc2C2C=CC=CC21. The molecule has 2 heteroatoms. The summed E-state index contributed by atoms with van der Waals surface area (Å²) in [4.78, 5) is 0. The van der Waals surface area contributed by atoms with E-state index in [0.29, 0.717) is 11.8 Å². The van der Waals surface area contributed by atoms with Crippen molar-refractivity contribution < 1.29 is 0 Å². The summed E-state index contributed by atoms with van der Waals surface area (Å²) in [7, 11) is 0. The fourth-order valence-corrected chi connectivity index (χ4v) is 6.99. The Kier molecular flexibility index (Phi) is 4.15. The number of nitrogens with zero attached hydrogens (tertiary/aromatic N) is 2. The lowest BCUT2D eigenvalue weighted by Crippen LogP contribution is -2.24. The fraction of sp³-hybridized carbons (Fsp3) is 0.143. The van der Waals surface area contributed by atoms with Crippen molar-refractivity contribution in [3.63, 3.8) is 0 Å². The highest BCUT2D eigenvalue weighted by Gasteiger charge is 2.44. The van der Waals surface area contributed by atoms with Crippen LogP contribution in [0.1, 0.15) is 30.9 Å². The van der Waals surface area contributed by atoms with E-state index in [-0.39, 0.29) is 5.41 Å². The van der Waals surface area contributed by atoms with E-state index >= 15 is 0 Å². The first-order valence-corrected chi connectivity index (χ1v) is 13.2. The molecule has 0 radical (unpaired) electrons. The van der Waals surface area contributed by atoms with Crippen molar-refractivity contribution in [1.29, 1.82) is 0 Å². The molecule has 2 unspecified atom stereocenters. The van der Waals surface area contributed by atoms with Gasteiger partial charge in [0.2, 0.25) is 0 Å². The van der Waals surface area contributed by atoms with Crippen LogP contribution < -0.4 is 0 Å². The van der Waals surface area contributed by atoms with Crippen LogP contribution in [0.15, 0.2) is 121 Å². The molecule has 0 N–H and O–H groups in total. The molecule has 0 fully saturated rings. The van der Waals surface area contributed by atoms with Crippen molar-refractivity contribution in [3.05, 3.63) is 133 Å². The van der Waals surface area contributed by atoms with Crippen LogP contribution in [0.4, 0.5) is 0 Å². The first-order chi connectivity index (χ1) is 18.1. The molecule has 2 heterocycles. The molecule has 2 atom stereocenters. The van der Waals surface area contributed by atoms with Gasteiger partial charge >= 0.3 is 0 Å². The van der Waals surface area contributed by atoms with Gasteiger partial charge in [0.25, 0.3) is 0 Å². The lowest BCUT2D eigenvalue weighted by atomic mass is 9.74. The second-order valence-electron chi connectivity index (χ2n) is 11.1. The van der Waals surface area contributed by atoms with Crippen LogP contribution in [0.5, 0.6) is 0 Å². The van der Waals surface area contributed by atoms with Crippen LogP contribution in [0, 0.1) is 5.92 Å². The van der Waals surface area contributed by atoms with E-state index in [4.69, 9.17) is 0 Å². The number of aromatic nitrogens is 2. The minimum Gasteiger partial charge on any atom is -0.317 e. The van der Waals surface area contributed by atoms with Gasteiger partial charge in [0.1, 0.15) is 0 Å². The number of fused-ring (bicyclic) bond motifs is 7. The third-order valence-corrected chi connectivity index (χ3v) is 8.83. The van der Waals surface area contributed by atoms with E-state index in [1.807, 2.05) is 0 Å². The molecular formula is C35H28N2. The topological polar surface area (TPSA) is 9.86 Å². The van der Waals surface area contributed by atoms with Gasteiger partial charge in [-0.15, -0.1) is 0 Å². The van der Waals surface area contributed by atoms with Gasteiger partial charge in [0, 0.05) is 39.6 Å². The van der Waals surface area contributed by atoms with E-state index in [1.54, 1.807) is 0 Å². The first-order valence-electron chi connectivity index (χ1n) is 13.2. The van der Waals surface area contributed by atoms with Crippen molar-refractivity contribution in [2.24, 2.45) is 5.92 Å². The Morgan fingerprint density at radius 1 is 0.649 bits per heavy atom. The number of hydrogen-bond acceptors (Lipinski definition) is 0. The standard InChI is InChI=1S/C35H28N2/c1-35(2)30-14-8-6-12-26(30)27-17-16-25(21-31(27)35)36-19-18-23-20-34-29(22-33(23)36)28-13-7-9-15-32(28)37(34)24-10-4-3-5-11-24/h3-22,26,30H,1-2H3. The molecule has 8 rings (SSSR count). The van der Waals surface area contributed by atoms with Gasteiger partial charge in [-0.2, -0.15) is 0 Å². The van der Waals surface area contributed by atoms with E-state index in [2.05, 4.69) is 144 Å². The normalized spacial score (nSPS) is 19.6. The summed E-state index contributed by atoms with van der Waals surface area (Å²) in [6.07, 6.45) is 11.4. The Bertz CT molecular complexity index is 1910. The number of benzene rings is 4. The highest BCUT2D eigenvalue weighted by molar-refractivity contribution is 6.13. The average molecular weight is 477 g/mol. The number of para-hydroxylation sites is 2. The second kappa shape index (κ2) is 7.36. The Hall–Kier alpha value is -4.30. The van der Waals surface area contributed by atoms with Crippen LogP contribution in [-0.4, -0.2) is 9.13 Å². The van der Waals surface area contributed by atoms with Gasteiger partial charge in [-0.3, -0.25) is 0 Å². The van der Waals surface area contributed by atoms with Gasteiger partial charge in [0.15, 0.2) is 0 Å². The van der Waals surface area contributed by atoms with Gasteiger partial charge in [-0.05, 0) is 71.0 Å². The lowest BCUT2D eigenvalue weighted by molar-refractivity contribution is 0.394. The summed E-state index contributed by atoms with van der Waals surface area (Å²) >= 11 is 0. The second-order valence-corrected chi connectivity index (χ2v) is 11.1. The van der Waals surface area contributed by atoms with Crippen molar-refractivity contribution in [1.82, 2.24) is 9.13 Å². The molecule has 0 spiro atoms. The Morgan fingerprint density at radius 3 is 2.35 bits per heavy atom. The van der Waals surface area contributed by atoms with Crippen LogP contribution in [0.3, 0.4) is 0 Å². The van der Waals surface area contributed by atoms with E-state index in [0.717, 1.165) is 0 Å². The summed E-state index contributed by atoms with van der Waals surface area (Å²) in [5, 5.41) is 3.83. The fourth-order valence-electron chi connectivity index (χ4n) is 6.99.